The number of amides is 2. The minimum absolute atomic E-state index is 0.186. The van der Waals surface area contributed by atoms with Gasteiger partial charge in [0.15, 0.2) is 5.82 Å². The zero-order chi connectivity index (χ0) is 17.5. The average molecular weight is 328 g/mol. The lowest BCUT2D eigenvalue weighted by atomic mass is 10.0. The SMILES string of the molecule is Cc1ccnc(-c2ccc(NC(=O)NCCC(O)C(C)C)cc2)n1. The number of hydrogen-bond donors (Lipinski definition) is 3. The number of nitrogens with one attached hydrogen (secondary N) is 2. The summed E-state index contributed by atoms with van der Waals surface area (Å²) in [5, 5.41) is 15.2. The second-order valence-corrected chi connectivity index (χ2v) is 6.08. The molecule has 2 aromatic rings. The van der Waals surface area contributed by atoms with Crippen molar-refractivity contribution in [3.8, 4) is 11.4 Å². The largest absolute Gasteiger partial charge is 0.393 e. The van der Waals surface area contributed by atoms with Gasteiger partial charge in [0.25, 0.3) is 0 Å². The van der Waals surface area contributed by atoms with Crippen molar-refractivity contribution in [2.24, 2.45) is 5.92 Å². The summed E-state index contributed by atoms with van der Waals surface area (Å²) in [4.78, 5) is 20.4. The summed E-state index contributed by atoms with van der Waals surface area (Å²) in [6.07, 6.45) is 1.86. The number of nitrogens with zero attached hydrogens (tertiary/aromatic N) is 2. The van der Waals surface area contributed by atoms with Crippen LogP contribution in [0.2, 0.25) is 0 Å². The van der Waals surface area contributed by atoms with Crippen LogP contribution in [-0.4, -0.2) is 33.8 Å². The van der Waals surface area contributed by atoms with Gasteiger partial charge in [0.1, 0.15) is 0 Å². The van der Waals surface area contributed by atoms with Gasteiger partial charge in [0.05, 0.1) is 6.10 Å². The smallest absolute Gasteiger partial charge is 0.319 e. The number of anilines is 1. The summed E-state index contributed by atoms with van der Waals surface area (Å²) in [5.41, 5.74) is 2.49. The number of aliphatic hydroxyl groups excluding tert-OH is 1. The fraction of sp³-hybridized carbons (Fsp3) is 0.389. The highest BCUT2D eigenvalue weighted by Crippen LogP contribution is 2.17. The molecule has 1 atom stereocenters. The van der Waals surface area contributed by atoms with E-state index in [2.05, 4.69) is 20.6 Å². The van der Waals surface area contributed by atoms with Crippen LogP contribution < -0.4 is 10.6 Å². The summed E-state index contributed by atoms with van der Waals surface area (Å²) >= 11 is 0. The molecule has 0 aliphatic heterocycles. The van der Waals surface area contributed by atoms with E-state index in [1.54, 1.807) is 6.20 Å². The third kappa shape index (κ3) is 5.31. The first kappa shape index (κ1) is 17.9. The third-order valence-electron chi connectivity index (χ3n) is 3.69. The number of hydrogen-bond acceptors (Lipinski definition) is 4. The Morgan fingerprint density at radius 3 is 2.54 bits per heavy atom. The first-order valence-corrected chi connectivity index (χ1v) is 8.08. The number of benzene rings is 1. The Morgan fingerprint density at radius 1 is 1.21 bits per heavy atom. The lowest BCUT2D eigenvalue weighted by molar-refractivity contribution is 0.117. The van der Waals surface area contributed by atoms with Crippen LogP contribution in [0.1, 0.15) is 26.0 Å². The summed E-state index contributed by atoms with van der Waals surface area (Å²) in [5.74, 6) is 0.847. The topological polar surface area (TPSA) is 87.1 Å². The summed E-state index contributed by atoms with van der Waals surface area (Å²) in [6.45, 7) is 6.25. The van der Waals surface area contributed by atoms with Gasteiger partial charge in [-0.15, -0.1) is 0 Å². The molecule has 0 aliphatic rings. The molecule has 3 N–H and O–H groups in total. The maximum Gasteiger partial charge on any atom is 0.319 e. The molecule has 2 rings (SSSR count). The molecule has 0 fully saturated rings. The molecule has 6 nitrogen and oxygen atoms in total. The Balaban J connectivity index is 1.86. The second-order valence-electron chi connectivity index (χ2n) is 6.08. The molecule has 2 amide bonds. The number of aliphatic hydroxyl groups is 1. The highest BCUT2D eigenvalue weighted by atomic mass is 16.3. The number of aryl methyl sites for hydroxylation is 1. The van der Waals surface area contributed by atoms with Gasteiger partial charge in [-0.25, -0.2) is 14.8 Å². The Bertz CT molecular complexity index is 671. The van der Waals surface area contributed by atoms with E-state index in [4.69, 9.17) is 0 Å². The lowest BCUT2D eigenvalue weighted by Crippen LogP contribution is -2.32. The normalized spacial score (nSPS) is 12.0. The van der Waals surface area contributed by atoms with Crippen molar-refractivity contribution in [3.05, 3.63) is 42.2 Å². The monoisotopic (exact) mass is 328 g/mol. The Hall–Kier alpha value is -2.47. The predicted octanol–water partition coefficient (Wildman–Crippen LogP) is 2.98. The van der Waals surface area contributed by atoms with Crippen LogP contribution in [0.3, 0.4) is 0 Å². The Morgan fingerprint density at radius 2 is 1.92 bits per heavy atom. The van der Waals surface area contributed by atoms with Crippen molar-refractivity contribution in [1.82, 2.24) is 15.3 Å². The third-order valence-corrected chi connectivity index (χ3v) is 3.69. The molecule has 0 saturated carbocycles. The van der Waals surface area contributed by atoms with Crippen LogP contribution in [-0.2, 0) is 0 Å². The number of carbonyl (C=O) groups excluding carboxylic acids is 1. The molecule has 0 spiro atoms. The van der Waals surface area contributed by atoms with E-state index in [9.17, 15) is 9.90 Å². The minimum atomic E-state index is -0.404. The van der Waals surface area contributed by atoms with Crippen molar-refractivity contribution in [2.45, 2.75) is 33.3 Å². The van der Waals surface area contributed by atoms with Crippen molar-refractivity contribution >= 4 is 11.7 Å². The van der Waals surface area contributed by atoms with Crippen molar-refractivity contribution < 1.29 is 9.90 Å². The van der Waals surface area contributed by atoms with Crippen LogP contribution in [0.5, 0.6) is 0 Å². The number of carbonyl (C=O) groups is 1. The van der Waals surface area contributed by atoms with Crippen LogP contribution in [0.4, 0.5) is 10.5 Å². The molecular formula is C18H24N4O2. The van der Waals surface area contributed by atoms with E-state index < -0.39 is 6.10 Å². The van der Waals surface area contributed by atoms with Crippen molar-refractivity contribution in [3.63, 3.8) is 0 Å². The van der Waals surface area contributed by atoms with E-state index in [0.717, 1.165) is 11.3 Å². The highest BCUT2D eigenvalue weighted by molar-refractivity contribution is 5.89. The van der Waals surface area contributed by atoms with Crippen molar-refractivity contribution in [2.75, 3.05) is 11.9 Å². The first-order chi connectivity index (χ1) is 11.5. The van der Waals surface area contributed by atoms with Crippen molar-refractivity contribution in [1.29, 1.82) is 0 Å². The van der Waals surface area contributed by atoms with Gasteiger partial charge in [-0.2, -0.15) is 0 Å². The number of urea groups is 1. The van der Waals surface area contributed by atoms with E-state index in [-0.39, 0.29) is 11.9 Å². The minimum Gasteiger partial charge on any atom is -0.393 e. The summed E-state index contributed by atoms with van der Waals surface area (Å²) in [7, 11) is 0. The van der Waals surface area contributed by atoms with Crippen LogP contribution >= 0.6 is 0 Å². The zero-order valence-corrected chi connectivity index (χ0v) is 14.3. The maximum absolute atomic E-state index is 11.8. The van der Waals surface area contributed by atoms with E-state index in [0.29, 0.717) is 24.5 Å². The molecule has 0 radical (unpaired) electrons. The van der Waals surface area contributed by atoms with E-state index in [1.165, 1.54) is 0 Å². The number of rotatable bonds is 6. The van der Waals surface area contributed by atoms with Crippen LogP contribution in [0.25, 0.3) is 11.4 Å². The molecule has 128 valence electrons. The van der Waals surface area contributed by atoms with Gasteiger partial charge in [0.2, 0.25) is 0 Å². The van der Waals surface area contributed by atoms with Gasteiger partial charge < -0.3 is 15.7 Å². The Labute approximate surface area is 142 Å². The molecule has 0 aliphatic carbocycles. The lowest BCUT2D eigenvalue weighted by Gasteiger charge is -2.14. The Kier molecular flexibility index (Phi) is 6.26. The molecule has 0 bridgehead atoms. The molecule has 0 saturated heterocycles. The zero-order valence-electron chi connectivity index (χ0n) is 14.3. The molecule has 1 unspecified atom stereocenters. The first-order valence-electron chi connectivity index (χ1n) is 8.08. The molecule has 1 aromatic heterocycles. The quantitative estimate of drug-likeness (QED) is 0.761. The fourth-order valence-corrected chi connectivity index (χ4v) is 2.13. The predicted molar refractivity (Wildman–Crippen MR) is 94.7 cm³/mol. The summed E-state index contributed by atoms with van der Waals surface area (Å²) in [6, 6.07) is 8.91. The van der Waals surface area contributed by atoms with Gasteiger partial charge in [-0.3, -0.25) is 0 Å². The van der Waals surface area contributed by atoms with Crippen LogP contribution in [0, 0.1) is 12.8 Å². The molecular weight excluding hydrogens is 304 g/mol. The second kappa shape index (κ2) is 8.40. The standard InChI is InChI=1S/C18H24N4O2/c1-12(2)16(23)9-11-20-18(24)22-15-6-4-14(5-7-15)17-19-10-8-13(3)21-17/h4-8,10,12,16,23H,9,11H2,1-3H3,(H2,20,22,24). The molecule has 24 heavy (non-hydrogen) atoms. The molecule has 1 heterocycles. The summed E-state index contributed by atoms with van der Waals surface area (Å²) < 4.78 is 0. The highest BCUT2D eigenvalue weighted by Gasteiger charge is 2.09. The fourth-order valence-electron chi connectivity index (χ4n) is 2.13. The van der Waals surface area contributed by atoms with Gasteiger partial charge in [-0.05, 0) is 49.6 Å². The van der Waals surface area contributed by atoms with Gasteiger partial charge in [-0.1, -0.05) is 13.8 Å². The number of aromatic nitrogens is 2. The average Bonchev–Trinajstić information content (AvgIpc) is 2.55. The van der Waals surface area contributed by atoms with E-state index in [1.807, 2.05) is 51.1 Å². The van der Waals surface area contributed by atoms with E-state index >= 15 is 0 Å². The molecule has 6 heteroatoms. The molecule has 1 aromatic carbocycles. The van der Waals surface area contributed by atoms with Gasteiger partial charge >= 0.3 is 6.03 Å². The van der Waals surface area contributed by atoms with Gasteiger partial charge in [0, 0.05) is 29.7 Å². The van der Waals surface area contributed by atoms with Crippen LogP contribution in [0.15, 0.2) is 36.5 Å². The maximum atomic E-state index is 11.8.